The van der Waals surface area contributed by atoms with Crippen molar-refractivity contribution >= 4 is 29.2 Å². The number of nitrogens with one attached hydrogen (secondary N) is 1. The number of anilines is 1. The van der Waals surface area contributed by atoms with Crippen LogP contribution in [0.15, 0.2) is 42.5 Å². The predicted octanol–water partition coefficient (Wildman–Crippen LogP) is 3.80. The van der Waals surface area contributed by atoms with Crippen molar-refractivity contribution < 1.29 is 14.0 Å². The maximum Gasteiger partial charge on any atom is 0.322 e. The Kier molecular flexibility index (Phi) is 5.17. The molecular formula is C21H19ClFN5O2. The molecule has 0 saturated heterocycles. The highest BCUT2D eigenvalue weighted by Gasteiger charge is 2.30. The Hall–Kier alpha value is -3.39. The number of para-hydroxylation sites is 1. The molecule has 7 nitrogen and oxygen atoms in total. The van der Waals surface area contributed by atoms with Crippen molar-refractivity contribution in [2.45, 2.75) is 20.0 Å². The van der Waals surface area contributed by atoms with Crippen LogP contribution < -0.4 is 11.1 Å². The Labute approximate surface area is 177 Å². The fraction of sp³-hybridized carbons (Fsp3) is 0.190. The topological polar surface area (TPSA) is 93.2 Å². The number of primary amides is 1. The summed E-state index contributed by atoms with van der Waals surface area (Å²) in [6.07, 6.45) is 0. The Morgan fingerprint density at radius 3 is 2.67 bits per heavy atom. The van der Waals surface area contributed by atoms with Crippen molar-refractivity contribution in [3.8, 4) is 11.3 Å². The maximum atomic E-state index is 13.7. The van der Waals surface area contributed by atoms with Crippen molar-refractivity contribution in [1.82, 2.24) is 14.7 Å². The van der Waals surface area contributed by atoms with Crippen LogP contribution >= 0.6 is 11.6 Å². The summed E-state index contributed by atoms with van der Waals surface area (Å²) >= 11 is 6.21. The predicted molar refractivity (Wildman–Crippen MR) is 112 cm³/mol. The van der Waals surface area contributed by atoms with E-state index < -0.39 is 11.7 Å². The lowest BCUT2D eigenvalue weighted by atomic mass is 10.0. The minimum absolute atomic E-state index is 0.135. The van der Waals surface area contributed by atoms with E-state index in [9.17, 15) is 14.0 Å². The van der Waals surface area contributed by atoms with E-state index in [1.54, 1.807) is 33.8 Å². The van der Waals surface area contributed by atoms with Crippen molar-refractivity contribution in [2.24, 2.45) is 5.73 Å². The zero-order chi connectivity index (χ0) is 21.4. The number of hydrogen-bond acceptors (Lipinski definition) is 3. The van der Waals surface area contributed by atoms with Crippen LogP contribution in [0.5, 0.6) is 0 Å². The number of carbonyl (C=O) groups excluding carboxylic acids is 2. The van der Waals surface area contributed by atoms with Gasteiger partial charge in [0, 0.05) is 12.1 Å². The molecule has 3 aromatic rings. The van der Waals surface area contributed by atoms with E-state index in [4.69, 9.17) is 17.3 Å². The summed E-state index contributed by atoms with van der Waals surface area (Å²) in [5.41, 5.74) is 8.46. The molecule has 0 bridgehead atoms. The number of rotatable bonds is 3. The number of nitrogens with zero attached hydrogens (tertiary/aromatic N) is 3. The molecule has 1 aromatic heterocycles. The molecular weight excluding hydrogens is 409 g/mol. The van der Waals surface area contributed by atoms with Crippen LogP contribution in [0.2, 0.25) is 5.02 Å². The van der Waals surface area contributed by atoms with Gasteiger partial charge in [-0.15, -0.1) is 0 Å². The van der Waals surface area contributed by atoms with Crippen molar-refractivity contribution in [2.75, 3.05) is 11.9 Å². The lowest BCUT2D eigenvalue weighted by Gasteiger charge is -2.28. The van der Waals surface area contributed by atoms with Crippen LogP contribution in [-0.4, -0.2) is 33.2 Å². The third-order valence-corrected chi connectivity index (χ3v) is 5.38. The minimum Gasteiger partial charge on any atom is -0.365 e. The molecule has 0 fully saturated rings. The molecule has 2 heterocycles. The normalized spacial score (nSPS) is 13.1. The largest absolute Gasteiger partial charge is 0.365 e. The Bertz CT molecular complexity index is 1140. The lowest BCUT2D eigenvalue weighted by molar-refractivity contribution is 0.0997. The van der Waals surface area contributed by atoms with Crippen molar-refractivity contribution in [3.63, 3.8) is 0 Å². The molecule has 1 aliphatic heterocycles. The number of fused-ring (bicyclic) bond motifs is 1. The van der Waals surface area contributed by atoms with Crippen LogP contribution in [0, 0.1) is 12.7 Å². The first-order valence-electron chi connectivity index (χ1n) is 9.31. The molecule has 30 heavy (non-hydrogen) atoms. The van der Waals surface area contributed by atoms with Gasteiger partial charge in [0.25, 0.3) is 5.91 Å². The molecule has 0 atom stereocenters. The van der Waals surface area contributed by atoms with Crippen molar-refractivity contribution in [1.29, 1.82) is 0 Å². The Morgan fingerprint density at radius 1 is 1.20 bits per heavy atom. The summed E-state index contributed by atoms with van der Waals surface area (Å²) in [6, 6.07) is 10.8. The van der Waals surface area contributed by atoms with Gasteiger partial charge in [-0.3, -0.25) is 9.48 Å². The van der Waals surface area contributed by atoms with Crippen molar-refractivity contribution in [3.05, 3.63) is 70.1 Å². The SMILES string of the molecule is Cc1cccc(Cl)c1NC(=O)N1CCn2nc(-c3cccc(F)c3)c(C(N)=O)c2C1. The molecule has 0 radical (unpaired) electrons. The molecule has 9 heteroatoms. The van der Waals surface area contributed by atoms with Gasteiger partial charge in [0.2, 0.25) is 0 Å². The monoisotopic (exact) mass is 427 g/mol. The molecule has 0 spiro atoms. The second-order valence-electron chi connectivity index (χ2n) is 7.05. The second-order valence-corrected chi connectivity index (χ2v) is 7.46. The summed E-state index contributed by atoms with van der Waals surface area (Å²) in [7, 11) is 0. The van der Waals surface area contributed by atoms with Gasteiger partial charge < -0.3 is 16.0 Å². The quantitative estimate of drug-likeness (QED) is 0.665. The number of urea groups is 1. The van der Waals surface area contributed by atoms with Gasteiger partial charge in [-0.05, 0) is 30.7 Å². The number of aromatic nitrogens is 2. The Balaban J connectivity index is 1.65. The van der Waals surface area contributed by atoms with Gasteiger partial charge in [0.15, 0.2) is 0 Å². The number of aryl methyl sites for hydroxylation is 1. The third kappa shape index (κ3) is 3.61. The number of carbonyl (C=O) groups is 2. The van der Waals surface area contributed by atoms with E-state index in [0.717, 1.165) is 5.56 Å². The van der Waals surface area contributed by atoms with Gasteiger partial charge in [-0.25, -0.2) is 9.18 Å². The second kappa shape index (κ2) is 7.79. The van der Waals surface area contributed by atoms with E-state index in [0.29, 0.717) is 40.8 Å². The molecule has 3 amide bonds. The number of halogens is 2. The maximum absolute atomic E-state index is 13.7. The van der Waals surface area contributed by atoms with Gasteiger partial charge in [0.05, 0.1) is 35.1 Å². The van der Waals surface area contributed by atoms with Gasteiger partial charge in [-0.1, -0.05) is 35.9 Å². The standard InChI is InChI=1S/C21H19ClFN5O2/c1-12-4-2-7-15(22)18(12)25-21(30)27-8-9-28-16(11-27)17(20(24)29)19(26-28)13-5-3-6-14(23)10-13/h2-7,10H,8-9,11H2,1H3,(H2,24,29)(H,25,30). The van der Waals surface area contributed by atoms with Crippen LogP contribution in [0.25, 0.3) is 11.3 Å². The van der Waals surface area contributed by atoms with Crippen LogP contribution in [0.3, 0.4) is 0 Å². The first-order valence-corrected chi connectivity index (χ1v) is 9.69. The van der Waals surface area contributed by atoms with E-state index in [1.807, 2.05) is 13.0 Å². The molecule has 1 aliphatic rings. The van der Waals surface area contributed by atoms with E-state index in [2.05, 4.69) is 10.4 Å². The van der Waals surface area contributed by atoms with Gasteiger partial charge in [-0.2, -0.15) is 5.10 Å². The summed E-state index contributed by atoms with van der Waals surface area (Å²) in [4.78, 5) is 26.6. The smallest absolute Gasteiger partial charge is 0.322 e. The Morgan fingerprint density at radius 2 is 1.97 bits per heavy atom. The number of hydrogen-bond donors (Lipinski definition) is 2. The van der Waals surface area contributed by atoms with Gasteiger partial charge in [0.1, 0.15) is 11.5 Å². The van der Waals surface area contributed by atoms with Crippen LogP contribution in [0.1, 0.15) is 21.6 Å². The molecule has 0 aliphatic carbocycles. The average molecular weight is 428 g/mol. The summed E-state index contributed by atoms with van der Waals surface area (Å²) < 4.78 is 15.3. The van der Waals surface area contributed by atoms with Crippen LogP contribution in [0.4, 0.5) is 14.9 Å². The molecule has 0 saturated carbocycles. The number of benzene rings is 2. The first-order chi connectivity index (χ1) is 14.3. The summed E-state index contributed by atoms with van der Waals surface area (Å²) in [6.45, 7) is 2.74. The zero-order valence-corrected chi connectivity index (χ0v) is 16.9. The molecule has 2 aromatic carbocycles. The fourth-order valence-electron chi connectivity index (χ4n) is 3.56. The number of nitrogens with two attached hydrogens (primary N) is 1. The van der Waals surface area contributed by atoms with E-state index >= 15 is 0 Å². The first kappa shape index (κ1) is 19.9. The fourth-order valence-corrected chi connectivity index (χ4v) is 3.83. The minimum atomic E-state index is -0.681. The zero-order valence-electron chi connectivity index (χ0n) is 16.2. The third-order valence-electron chi connectivity index (χ3n) is 5.07. The summed E-state index contributed by atoms with van der Waals surface area (Å²) in [5.74, 6) is -1.12. The summed E-state index contributed by atoms with van der Waals surface area (Å²) in [5, 5.41) is 7.73. The molecule has 154 valence electrons. The molecule has 0 unspecified atom stereocenters. The lowest BCUT2D eigenvalue weighted by Crippen LogP contribution is -2.41. The van der Waals surface area contributed by atoms with Gasteiger partial charge >= 0.3 is 6.03 Å². The average Bonchev–Trinajstić information content (AvgIpc) is 3.09. The van der Waals surface area contributed by atoms with E-state index in [-0.39, 0.29) is 18.1 Å². The highest BCUT2D eigenvalue weighted by atomic mass is 35.5. The highest BCUT2D eigenvalue weighted by molar-refractivity contribution is 6.33. The molecule has 4 rings (SSSR count). The molecule has 3 N–H and O–H groups in total. The highest BCUT2D eigenvalue weighted by Crippen LogP contribution is 2.30. The van der Waals surface area contributed by atoms with Crippen LogP contribution in [-0.2, 0) is 13.1 Å². The number of amides is 3. The van der Waals surface area contributed by atoms with E-state index in [1.165, 1.54) is 12.1 Å².